The zero-order chi connectivity index (χ0) is 10.1. The van der Waals surface area contributed by atoms with E-state index in [1.165, 1.54) is 0 Å². The molecule has 0 aromatic heterocycles. The molecule has 0 spiro atoms. The minimum atomic E-state index is -0.695. The van der Waals surface area contributed by atoms with Gasteiger partial charge in [0.15, 0.2) is 0 Å². The third kappa shape index (κ3) is 22.9. The average molecular weight is 176 g/mol. The van der Waals surface area contributed by atoms with Crippen molar-refractivity contribution in [3.05, 3.63) is 0 Å². The van der Waals surface area contributed by atoms with Gasteiger partial charge in [-0.15, -0.1) is 0 Å². The first-order valence-corrected chi connectivity index (χ1v) is 3.97. The van der Waals surface area contributed by atoms with Crippen molar-refractivity contribution in [3.63, 3.8) is 0 Å². The zero-order valence-corrected chi connectivity index (χ0v) is 8.63. The molecule has 0 aliphatic rings. The van der Waals surface area contributed by atoms with Crippen molar-refractivity contribution >= 4 is 6.09 Å². The van der Waals surface area contributed by atoms with E-state index in [2.05, 4.69) is 4.74 Å². The maximum Gasteiger partial charge on any atom is 0.404 e. The van der Waals surface area contributed by atoms with Gasteiger partial charge in [-0.2, -0.15) is 0 Å². The molecule has 0 bridgehead atoms. The van der Waals surface area contributed by atoms with Crippen molar-refractivity contribution in [2.24, 2.45) is 5.73 Å². The minimum absolute atomic E-state index is 0.0486. The first-order valence-electron chi connectivity index (χ1n) is 3.97. The molecule has 2 N–H and O–H groups in total. The zero-order valence-electron chi connectivity index (χ0n) is 8.63. The van der Waals surface area contributed by atoms with Crippen LogP contribution in [0.15, 0.2) is 0 Å². The normalized spacial score (nSPS) is 11.5. The van der Waals surface area contributed by atoms with Crippen molar-refractivity contribution in [1.82, 2.24) is 4.90 Å². The van der Waals surface area contributed by atoms with Crippen LogP contribution in [-0.4, -0.2) is 38.2 Å². The van der Waals surface area contributed by atoms with E-state index in [1.807, 2.05) is 33.0 Å². The predicted octanol–water partition coefficient (Wildman–Crippen LogP) is 1.06. The molecule has 4 heteroatoms. The van der Waals surface area contributed by atoms with E-state index < -0.39 is 6.09 Å². The molecule has 1 atom stereocenters. The van der Waals surface area contributed by atoms with Crippen LogP contribution < -0.4 is 5.73 Å². The second-order valence-corrected chi connectivity index (χ2v) is 3.00. The summed E-state index contributed by atoms with van der Waals surface area (Å²) in [6.07, 6.45) is 0.0648. The third-order valence-electron chi connectivity index (χ3n) is 0.892. The Morgan fingerprint density at radius 2 is 1.83 bits per heavy atom. The molecule has 12 heavy (non-hydrogen) atoms. The fraction of sp³-hybridized carbons (Fsp3) is 0.875. The molecular formula is C8H20N2O2. The standard InChI is InChI=1S/C5H11NO2.C3H9N/c1-3-4(2)8-5(6)7;1-4(2)3/h4H,3H2,1-2H3,(H2,6,7);1-3H3. The number of nitrogens with zero attached hydrogens (tertiary/aromatic N) is 1. The number of rotatable bonds is 2. The van der Waals surface area contributed by atoms with Gasteiger partial charge in [0.1, 0.15) is 6.10 Å². The van der Waals surface area contributed by atoms with Crippen LogP contribution in [0.2, 0.25) is 0 Å². The average Bonchev–Trinajstić information content (AvgIpc) is 1.84. The second kappa shape index (κ2) is 8.33. The summed E-state index contributed by atoms with van der Waals surface area (Å²) in [5, 5.41) is 0. The van der Waals surface area contributed by atoms with E-state index in [4.69, 9.17) is 5.73 Å². The van der Waals surface area contributed by atoms with Crippen molar-refractivity contribution < 1.29 is 9.53 Å². The van der Waals surface area contributed by atoms with Crippen molar-refractivity contribution in [2.45, 2.75) is 26.4 Å². The Morgan fingerprint density at radius 3 is 1.92 bits per heavy atom. The predicted molar refractivity (Wildman–Crippen MR) is 50.0 cm³/mol. The summed E-state index contributed by atoms with van der Waals surface area (Å²) in [5.74, 6) is 0. The molecule has 0 aliphatic heterocycles. The van der Waals surface area contributed by atoms with Gasteiger partial charge in [-0.1, -0.05) is 6.92 Å². The van der Waals surface area contributed by atoms with E-state index in [0.29, 0.717) is 0 Å². The molecule has 1 amide bonds. The van der Waals surface area contributed by atoms with Crippen LogP contribution >= 0.6 is 0 Å². The summed E-state index contributed by atoms with van der Waals surface area (Å²) in [4.78, 5) is 12.0. The summed E-state index contributed by atoms with van der Waals surface area (Å²) in [5.41, 5.74) is 4.71. The van der Waals surface area contributed by atoms with Gasteiger partial charge < -0.3 is 15.4 Å². The molecule has 0 heterocycles. The lowest BCUT2D eigenvalue weighted by Gasteiger charge is -2.06. The summed E-state index contributed by atoms with van der Waals surface area (Å²) < 4.78 is 4.54. The summed E-state index contributed by atoms with van der Waals surface area (Å²) in [7, 11) is 6.00. The van der Waals surface area contributed by atoms with Gasteiger partial charge in [0, 0.05) is 0 Å². The van der Waals surface area contributed by atoms with Crippen LogP contribution in [-0.2, 0) is 4.74 Å². The molecule has 4 nitrogen and oxygen atoms in total. The number of nitrogens with two attached hydrogens (primary N) is 1. The smallest absolute Gasteiger partial charge is 0.404 e. The molecule has 1 unspecified atom stereocenters. The van der Waals surface area contributed by atoms with Gasteiger partial charge in [0.2, 0.25) is 0 Å². The van der Waals surface area contributed by atoms with E-state index in [1.54, 1.807) is 6.92 Å². The van der Waals surface area contributed by atoms with Crippen molar-refractivity contribution in [1.29, 1.82) is 0 Å². The van der Waals surface area contributed by atoms with Gasteiger partial charge >= 0.3 is 6.09 Å². The van der Waals surface area contributed by atoms with E-state index >= 15 is 0 Å². The monoisotopic (exact) mass is 176 g/mol. The Kier molecular flexibility index (Phi) is 9.57. The largest absolute Gasteiger partial charge is 0.447 e. The van der Waals surface area contributed by atoms with Crippen LogP contribution in [0.4, 0.5) is 4.79 Å². The number of amides is 1. The fourth-order valence-electron chi connectivity index (χ4n) is 0.282. The van der Waals surface area contributed by atoms with Crippen molar-refractivity contribution in [3.8, 4) is 0 Å². The van der Waals surface area contributed by atoms with Crippen molar-refractivity contribution in [2.75, 3.05) is 21.1 Å². The van der Waals surface area contributed by atoms with E-state index in [9.17, 15) is 4.79 Å². The number of carbonyl (C=O) groups excluding carboxylic acids is 1. The Balaban J connectivity index is 0. The summed E-state index contributed by atoms with van der Waals surface area (Å²) in [6, 6.07) is 0. The number of carbonyl (C=O) groups is 1. The van der Waals surface area contributed by atoms with Gasteiger partial charge in [-0.25, -0.2) is 4.79 Å². The van der Waals surface area contributed by atoms with E-state index in [0.717, 1.165) is 6.42 Å². The molecule has 0 aliphatic carbocycles. The molecule has 0 saturated carbocycles. The second-order valence-electron chi connectivity index (χ2n) is 3.00. The van der Waals surface area contributed by atoms with Crippen LogP contribution in [0.25, 0.3) is 0 Å². The van der Waals surface area contributed by atoms with Crippen LogP contribution in [0, 0.1) is 0 Å². The fourth-order valence-corrected chi connectivity index (χ4v) is 0.282. The van der Waals surface area contributed by atoms with Crippen LogP contribution in [0.3, 0.4) is 0 Å². The number of primary amides is 1. The first-order chi connectivity index (χ1) is 5.40. The molecular weight excluding hydrogens is 156 g/mol. The van der Waals surface area contributed by atoms with Gasteiger partial charge in [0.05, 0.1) is 0 Å². The lowest BCUT2D eigenvalue weighted by molar-refractivity contribution is 0.114. The Hall–Kier alpha value is -0.770. The molecule has 0 radical (unpaired) electrons. The number of hydrogen-bond donors (Lipinski definition) is 1. The molecule has 0 fully saturated rings. The van der Waals surface area contributed by atoms with Crippen LogP contribution in [0.1, 0.15) is 20.3 Å². The lowest BCUT2D eigenvalue weighted by atomic mass is 10.3. The molecule has 0 saturated heterocycles. The lowest BCUT2D eigenvalue weighted by Crippen LogP contribution is -2.19. The third-order valence-corrected chi connectivity index (χ3v) is 0.892. The maximum absolute atomic E-state index is 9.97. The van der Waals surface area contributed by atoms with E-state index in [-0.39, 0.29) is 6.10 Å². The number of hydrogen-bond acceptors (Lipinski definition) is 3. The maximum atomic E-state index is 9.97. The minimum Gasteiger partial charge on any atom is -0.447 e. The Morgan fingerprint density at radius 1 is 1.50 bits per heavy atom. The molecule has 74 valence electrons. The quantitative estimate of drug-likeness (QED) is 0.684. The van der Waals surface area contributed by atoms with Gasteiger partial charge in [-0.3, -0.25) is 0 Å². The highest BCUT2D eigenvalue weighted by Gasteiger charge is 1.99. The first kappa shape index (κ1) is 13.8. The Labute approximate surface area is 74.7 Å². The van der Waals surface area contributed by atoms with Gasteiger partial charge in [0.25, 0.3) is 0 Å². The number of ether oxygens (including phenoxy) is 1. The van der Waals surface area contributed by atoms with Gasteiger partial charge in [-0.05, 0) is 34.5 Å². The highest BCUT2D eigenvalue weighted by atomic mass is 16.6. The Bertz CT molecular complexity index is 113. The molecule has 0 rings (SSSR count). The highest BCUT2D eigenvalue weighted by molar-refractivity contribution is 5.64. The molecule has 0 aromatic rings. The SMILES string of the molecule is CCC(C)OC(N)=O.CN(C)C. The molecule has 0 aromatic carbocycles. The van der Waals surface area contributed by atoms with Crippen LogP contribution in [0.5, 0.6) is 0 Å². The summed E-state index contributed by atoms with van der Waals surface area (Å²) in [6.45, 7) is 3.72. The topological polar surface area (TPSA) is 55.6 Å². The summed E-state index contributed by atoms with van der Waals surface area (Å²) >= 11 is 0. The highest BCUT2D eigenvalue weighted by Crippen LogP contribution is 1.93.